The second-order valence-electron chi connectivity index (χ2n) is 5.42. The van der Waals surface area contributed by atoms with Crippen LogP contribution in [0.2, 0.25) is 0 Å². The molecule has 1 N–H and O–H groups in total. The van der Waals surface area contributed by atoms with Crippen molar-refractivity contribution in [3.63, 3.8) is 0 Å². The lowest BCUT2D eigenvalue weighted by atomic mass is 10.3. The van der Waals surface area contributed by atoms with Crippen LogP contribution in [0.5, 0.6) is 0 Å². The number of rotatable bonds is 4. The van der Waals surface area contributed by atoms with Crippen LogP contribution in [-0.2, 0) is 6.18 Å². The minimum absolute atomic E-state index is 0.239. The number of nitrogens with zero attached hydrogens (tertiary/aromatic N) is 3. The highest BCUT2D eigenvalue weighted by atomic mass is 19.4. The molecule has 7 heteroatoms. The van der Waals surface area contributed by atoms with Gasteiger partial charge in [0, 0.05) is 29.3 Å². The second-order valence-corrected chi connectivity index (χ2v) is 5.42. The molecule has 0 amide bonds. The van der Waals surface area contributed by atoms with Crippen molar-refractivity contribution >= 4 is 12.0 Å². The zero-order valence-electron chi connectivity index (χ0n) is 13.3. The number of aryl methyl sites for hydroxylation is 1. The third-order valence-electron chi connectivity index (χ3n) is 3.55. The molecule has 0 bridgehead atoms. The van der Waals surface area contributed by atoms with Gasteiger partial charge in [-0.05, 0) is 37.3 Å². The maximum Gasteiger partial charge on any atom is 0.417 e. The van der Waals surface area contributed by atoms with E-state index in [9.17, 15) is 13.2 Å². The van der Waals surface area contributed by atoms with Gasteiger partial charge in [0.05, 0.1) is 11.8 Å². The highest BCUT2D eigenvalue weighted by Gasteiger charge is 2.30. The van der Waals surface area contributed by atoms with Gasteiger partial charge in [-0.2, -0.15) is 18.3 Å². The highest BCUT2D eigenvalue weighted by molar-refractivity contribution is 5.80. The Balaban J connectivity index is 1.69. The predicted molar refractivity (Wildman–Crippen MR) is 91.0 cm³/mol. The van der Waals surface area contributed by atoms with Crippen LogP contribution >= 0.6 is 0 Å². The van der Waals surface area contributed by atoms with Gasteiger partial charge in [0.25, 0.3) is 0 Å². The number of benzene rings is 1. The van der Waals surface area contributed by atoms with E-state index in [0.29, 0.717) is 0 Å². The molecule has 2 heterocycles. The Bertz CT molecular complexity index is 866. The lowest BCUT2D eigenvalue weighted by molar-refractivity contribution is -0.137. The van der Waals surface area contributed by atoms with Crippen molar-refractivity contribution in [2.24, 2.45) is 5.10 Å². The highest BCUT2D eigenvalue weighted by Crippen LogP contribution is 2.28. The third-order valence-corrected chi connectivity index (χ3v) is 3.55. The van der Waals surface area contributed by atoms with E-state index >= 15 is 0 Å². The predicted octanol–water partition coefficient (Wildman–Crippen LogP) is 4.65. The van der Waals surface area contributed by atoms with E-state index in [-0.39, 0.29) is 5.82 Å². The summed E-state index contributed by atoms with van der Waals surface area (Å²) in [4.78, 5) is 3.70. The summed E-state index contributed by atoms with van der Waals surface area (Å²) in [5.41, 5.74) is 4.77. The first-order valence-corrected chi connectivity index (χ1v) is 7.50. The van der Waals surface area contributed by atoms with Gasteiger partial charge >= 0.3 is 6.18 Å². The summed E-state index contributed by atoms with van der Waals surface area (Å²) in [5.74, 6) is 0.239. The normalized spacial score (nSPS) is 11.8. The molecule has 0 unspecified atom stereocenters. The second kappa shape index (κ2) is 6.80. The molecule has 0 fully saturated rings. The summed E-state index contributed by atoms with van der Waals surface area (Å²) in [6.07, 6.45) is -0.109. The molecule has 0 saturated carbocycles. The topological polar surface area (TPSA) is 42.2 Å². The fourth-order valence-corrected chi connectivity index (χ4v) is 2.34. The van der Waals surface area contributed by atoms with Gasteiger partial charge in [0.1, 0.15) is 5.82 Å². The number of nitrogens with one attached hydrogen (secondary N) is 1. The number of pyridine rings is 1. The molecule has 2 aromatic heterocycles. The molecule has 0 radical (unpaired) electrons. The van der Waals surface area contributed by atoms with Crippen LogP contribution in [-0.4, -0.2) is 15.8 Å². The van der Waals surface area contributed by atoms with Crippen molar-refractivity contribution in [1.29, 1.82) is 0 Å². The van der Waals surface area contributed by atoms with Gasteiger partial charge < -0.3 is 4.57 Å². The number of halogens is 3. The molecule has 0 aliphatic rings. The molecule has 3 rings (SSSR count). The molecule has 0 spiro atoms. The fraction of sp³-hybridized carbons (Fsp3) is 0.111. The summed E-state index contributed by atoms with van der Waals surface area (Å²) < 4.78 is 39.5. The third kappa shape index (κ3) is 4.06. The maximum absolute atomic E-state index is 12.5. The summed E-state index contributed by atoms with van der Waals surface area (Å²) >= 11 is 0. The van der Waals surface area contributed by atoms with Gasteiger partial charge in [-0.15, -0.1) is 0 Å². The molecule has 3 aromatic rings. The molecular weight excluding hydrogens is 329 g/mol. The Morgan fingerprint density at radius 2 is 1.88 bits per heavy atom. The van der Waals surface area contributed by atoms with Crippen molar-refractivity contribution in [2.45, 2.75) is 13.1 Å². The van der Waals surface area contributed by atoms with E-state index in [2.05, 4.69) is 15.5 Å². The van der Waals surface area contributed by atoms with Crippen LogP contribution < -0.4 is 5.43 Å². The Morgan fingerprint density at radius 1 is 1.12 bits per heavy atom. The van der Waals surface area contributed by atoms with Crippen LogP contribution in [0.3, 0.4) is 0 Å². The summed E-state index contributed by atoms with van der Waals surface area (Å²) in [7, 11) is 0. The van der Waals surface area contributed by atoms with Crippen molar-refractivity contribution < 1.29 is 13.2 Å². The standard InChI is InChI=1S/C18H15F3N4/c1-13-9-14(12-25(13)16-5-3-2-4-6-16)10-23-24-17-8-7-15(11-22-17)18(19,20)21/h2-12H,1H3,(H,22,24)/b23-10+. The molecule has 4 nitrogen and oxygen atoms in total. The molecule has 1 aromatic carbocycles. The number of para-hydroxylation sites is 1. The van der Waals surface area contributed by atoms with Gasteiger partial charge in [-0.1, -0.05) is 18.2 Å². The molecule has 128 valence electrons. The quantitative estimate of drug-likeness (QED) is 0.553. The minimum atomic E-state index is -4.40. The average Bonchev–Trinajstić information content (AvgIpc) is 2.96. The lowest BCUT2D eigenvalue weighted by Crippen LogP contribution is -2.05. The molecule has 25 heavy (non-hydrogen) atoms. The zero-order chi connectivity index (χ0) is 17.9. The van der Waals surface area contributed by atoms with Gasteiger partial charge in [0.2, 0.25) is 0 Å². The number of anilines is 1. The van der Waals surface area contributed by atoms with E-state index in [0.717, 1.165) is 29.2 Å². The minimum Gasteiger partial charge on any atom is -0.321 e. The lowest BCUT2D eigenvalue weighted by Gasteiger charge is -2.06. The van der Waals surface area contributed by atoms with Crippen LogP contribution in [0, 0.1) is 6.92 Å². The molecule has 0 aliphatic heterocycles. The summed E-state index contributed by atoms with van der Waals surface area (Å²) in [6.45, 7) is 1.98. The number of hydrazone groups is 1. The van der Waals surface area contributed by atoms with Crippen molar-refractivity contribution in [2.75, 3.05) is 5.43 Å². The van der Waals surface area contributed by atoms with E-state index in [1.165, 1.54) is 6.07 Å². The van der Waals surface area contributed by atoms with E-state index in [1.54, 1.807) is 6.21 Å². The number of alkyl halides is 3. The van der Waals surface area contributed by atoms with Crippen LogP contribution in [0.1, 0.15) is 16.8 Å². The van der Waals surface area contributed by atoms with Gasteiger partial charge in [0.15, 0.2) is 0 Å². The number of hydrogen-bond acceptors (Lipinski definition) is 3. The van der Waals surface area contributed by atoms with Crippen molar-refractivity contribution in [3.05, 3.63) is 77.7 Å². The zero-order valence-corrected chi connectivity index (χ0v) is 13.3. The van der Waals surface area contributed by atoms with Crippen molar-refractivity contribution in [1.82, 2.24) is 9.55 Å². The smallest absolute Gasteiger partial charge is 0.321 e. The average molecular weight is 344 g/mol. The molecular formula is C18H15F3N4. The largest absolute Gasteiger partial charge is 0.417 e. The summed E-state index contributed by atoms with van der Waals surface area (Å²) in [6, 6.07) is 14.0. The Morgan fingerprint density at radius 3 is 2.52 bits per heavy atom. The Kier molecular flexibility index (Phi) is 4.56. The SMILES string of the molecule is Cc1cc(/C=N/Nc2ccc(C(F)(F)F)cn2)cn1-c1ccccc1. The van der Waals surface area contributed by atoms with Gasteiger partial charge in [-0.3, -0.25) is 5.43 Å². The van der Waals surface area contributed by atoms with Crippen molar-refractivity contribution in [3.8, 4) is 5.69 Å². The fourth-order valence-electron chi connectivity index (χ4n) is 2.34. The molecule has 0 atom stereocenters. The van der Waals surface area contributed by atoms with E-state index < -0.39 is 11.7 Å². The first kappa shape index (κ1) is 16.8. The van der Waals surface area contributed by atoms with E-state index in [1.807, 2.05) is 54.1 Å². The first-order chi connectivity index (χ1) is 11.9. The monoisotopic (exact) mass is 344 g/mol. The molecule has 0 aliphatic carbocycles. The van der Waals surface area contributed by atoms with Crippen LogP contribution in [0.25, 0.3) is 5.69 Å². The van der Waals surface area contributed by atoms with Crippen LogP contribution in [0.15, 0.2) is 66.0 Å². The number of hydrogen-bond donors (Lipinski definition) is 1. The van der Waals surface area contributed by atoms with E-state index in [4.69, 9.17) is 0 Å². The van der Waals surface area contributed by atoms with Crippen LogP contribution in [0.4, 0.5) is 19.0 Å². The summed E-state index contributed by atoms with van der Waals surface area (Å²) in [5, 5.41) is 4.02. The Hall–Kier alpha value is -3.09. The maximum atomic E-state index is 12.5. The number of aromatic nitrogens is 2. The molecule has 0 saturated heterocycles. The Labute approximate surface area is 142 Å². The first-order valence-electron chi connectivity index (χ1n) is 7.50. The van der Waals surface area contributed by atoms with Gasteiger partial charge in [-0.25, -0.2) is 4.98 Å².